The molecule has 9 nitrogen and oxygen atoms in total. The first kappa shape index (κ1) is 32.0. The van der Waals surface area contributed by atoms with Crippen LogP contribution in [0.25, 0.3) is 11.1 Å². The van der Waals surface area contributed by atoms with E-state index >= 15 is 0 Å². The summed E-state index contributed by atoms with van der Waals surface area (Å²) >= 11 is 2.68. The van der Waals surface area contributed by atoms with Crippen LogP contribution in [0.4, 0.5) is 8.39 Å². The Morgan fingerprint density at radius 3 is 2.15 bits per heavy atom. The van der Waals surface area contributed by atoms with Gasteiger partial charge in [-0.3, -0.25) is 19.5 Å². The largest absolute Gasteiger partial charge is 0.481 e. The molecule has 212 valence electrons. The number of amides is 2. The molecule has 2 amide bonds. The number of carbonyl (C=O) groups is 3. The summed E-state index contributed by atoms with van der Waals surface area (Å²) in [7, 11) is -3.16. The highest BCUT2D eigenvalue weighted by atomic mass is 32.7. The number of thioether (sulfide) groups is 1. The van der Waals surface area contributed by atoms with Crippen LogP contribution in [0.1, 0.15) is 44.2 Å². The fourth-order valence-electron chi connectivity index (χ4n) is 3.97. The van der Waals surface area contributed by atoms with Gasteiger partial charge in [0.15, 0.2) is 8.09 Å². The van der Waals surface area contributed by atoms with Crippen molar-refractivity contribution >= 4 is 68.5 Å². The molecule has 1 aliphatic rings. The highest BCUT2D eigenvalue weighted by Crippen LogP contribution is 2.48. The third-order valence-corrected chi connectivity index (χ3v) is 8.95. The molecule has 5 N–H and O–H groups in total. The van der Waals surface area contributed by atoms with Crippen molar-refractivity contribution in [3.05, 3.63) is 58.7 Å². The second kappa shape index (κ2) is 16.7. The number of aliphatic carboxylic acids is 1. The molecule has 16 heteroatoms. The van der Waals surface area contributed by atoms with Crippen molar-refractivity contribution in [3.8, 4) is 11.1 Å². The first-order valence-electron chi connectivity index (χ1n) is 11.6. The minimum absolute atomic E-state index is 0.0105. The molecule has 1 aliphatic carbocycles. The number of benzene rings is 2. The molecule has 0 aromatic heterocycles. The Kier molecular flexibility index (Phi) is 13.7. The Balaban J connectivity index is 1.76. The van der Waals surface area contributed by atoms with Gasteiger partial charge >= 0.3 is 5.97 Å². The molecule has 0 bridgehead atoms. The molecule has 3 atom stereocenters. The normalized spacial score (nSPS) is 14.7. The molecule has 0 saturated heterocycles. The average molecular weight is 638 g/mol. The van der Waals surface area contributed by atoms with E-state index in [9.17, 15) is 22.8 Å². The van der Waals surface area contributed by atoms with E-state index in [0.29, 0.717) is 45.9 Å². The number of carboxylic acids is 1. The van der Waals surface area contributed by atoms with E-state index in [-0.39, 0.29) is 50.5 Å². The quantitative estimate of drug-likeness (QED) is 0.0769. The molecule has 0 saturated carbocycles. The number of nitrogens with two attached hydrogens (primary N) is 1. The Morgan fingerprint density at radius 1 is 1.03 bits per heavy atom. The van der Waals surface area contributed by atoms with E-state index in [4.69, 9.17) is 19.0 Å². The summed E-state index contributed by atoms with van der Waals surface area (Å²) in [5, 5.41) is 19.6. The van der Waals surface area contributed by atoms with Crippen LogP contribution < -0.4 is 15.8 Å². The van der Waals surface area contributed by atoms with Gasteiger partial charge in [-0.25, -0.2) is 4.20 Å². The van der Waals surface area contributed by atoms with Gasteiger partial charge in [0.25, 0.3) is 19.5 Å². The third kappa shape index (κ3) is 9.54. The van der Waals surface area contributed by atoms with Gasteiger partial charge in [-0.2, -0.15) is 16.0 Å². The summed E-state index contributed by atoms with van der Waals surface area (Å²) in [5.74, 6) is -0.701. The summed E-state index contributed by atoms with van der Waals surface area (Å²) < 4.78 is 35.2. The Morgan fingerprint density at radius 2 is 1.62 bits per heavy atom. The molecule has 3 unspecified atom stereocenters. The van der Waals surface area contributed by atoms with Crippen LogP contribution in [-0.2, 0) is 13.5 Å². The number of hydrogen-bond acceptors (Lipinski definition) is 9. The van der Waals surface area contributed by atoms with Crippen molar-refractivity contribution in [2.75, 3.05) is 37.8 Å². The molecule has 0 spiro atoms. The van der Waals surface area contributed by atoms with E-state index in [2.05, 4.69) is 10.6 Å². The molecule has 3 rings (SSSR count). The first-order valence-corrected chi connectivity index (χ1v) is 17.7. The maximum absolute atomic E-state index is 13.1. The van der Waals surface area contributed by atoms with Crippen LogP contribution in [0, 0.1) is 0 Å². The number of carbonyl (C=O) groups excluding carboxylic acids is 2. The standard InChI is InChI=1S/C23H27F2N3O6P2S3/c24-35-39-34-9-7-28-23(32)15-2-4-17-16-3-1-14(22(31)27-6-8-33-36(25)38-26)11-18(16)20(19(17)12-15)13-37-10-5-21(29)30/h1-4,11-12,20,35H,5-10,13,26H2,(H,27,31)(H,28,32)(H,29,30). The second-order valence-corrected chi connectivity index (χ2v) is 13.1. The van der Waals surface area contributed by atoms with Gasteiger partial charge < -0.3 is 24.4 Å². The van der Waals surface area contributed by atoms with Crippen molar-refractivity contribution in [1.29, 1.82) is 0 Å². The summed E-state index contributed by atoms with van der Waals surface area (Å²) in [4.78, 5) is 36.4. The van der Waals surface area contributed by atoms with Gasteiger partial charge in [-0.1, -0.05) is 12.1 Å². The van der Waals surface area contributed by atoms with E-state index in [1.807, 2.05) is 18.2 Å². The molecule has 0 fully saturated rings. The molecule has 0 radical (unpaired) electrons. The highest BCUT2D eigenvalue weighted by Gasteiger charge is 2.30. The van der Waals surface area contributed by atoms with Gasteiger partial charge in [0, 0.05) is 53.2 Å². The summed E-state index contributed by atoms with van der Waals surface area (Å²) in [6.45, 7) is 0.502. The molecular formula is C23H27F2N3O6P2S3. The smallest absolute Gasteiger partial charge is 0.304 e. The van der Waals surface area contributed by atoms with Gasteiger partial charge in [-0.05, 0) is 46.5 Å². The van der Waals surface area contributed by atoms with Crippen molar-refractivity contribution in [3.63, 3.8) is 0 Å². The van der Waals surface area contributed by atoms with Crippen LogP contribution in [0.15, 0.2) is 36.4 Å². The van der Waals surface area contributed by atoms with Gasteiger partial charge in [0.1, 0.15) is 0 Å². The summed E-state index contributed by atoms with van der Waals surface area (Å²) in [6.07, 6.45) is 0.0249. The zero-order valence-corrected chi connectivity index (χ0v) is 24.8. The Bertz CT molecular complexity index is 1170. The lowest BCUT2D eigenvalue weighted by Gasteiger charge is -2.15. The number of halogens is 2. The maximum atomic E-state index is 13.1. The highest BCUT2D eigenvalue weighted by molar-refractivity contribution is 8.51. The predicted molar refractivity (Wildman–Crippen MR) is 157 cm³/mol. The summed E-state index contributed by atoms with van der Waals surface area (Å²) in [5.41, 5.74) is 4.54. The number of hydrogen-bond donors (Lipinski definition) is 4. The van der Waals surface area contributed by atoms with Crippen molar-refractivity contribution in [2.45, 2.75) is 12.3 Å². The fourth-order valence-corrected chi connectivity index (χ4v) is 6.35. The van der Waals surface area contributed by atoms with Crippen LogP contribution in [-0.4, -0.2) is 60.7 Å². The summed E-state index contributed by atoms with van der Waals surface area (Å²) in [6, 6.07) is 10.7. The van der Waals surface area contributed by atoms with Crippen LogP contribution in [0.5, 0.6) is 0 Å². The zero-order chi connectivity index (χ0) is 28.2. The van der Waals surface area contributed by atoms with Gasteiger partial charge in [0.05, 0.1) is 31.3 Å². The van der Waals surface area contributed by atoms with Crippen molar-refractivity contribution in [2.24, 2.45) is 5.14 Å². The number of rotatable bonds is 17. The van der Waals surface area contributed by atoms with Crippen LogP contribution in [0.2, 0.25) is 0 Å². The zero-order valence-electron chi connectivity index (χ0n) is 20.5. The molecular weight excluding hydrogens is 610 g/mol. The molecule has 0 heterocycles. The van der Waals surface area contributed by atoms with E-state index < -0.39 is 21.7 Å². The SMILES string of the molecule is NSP(F)OCCNC(=O)c1ccc2c(c1)C(CSCCC(=O)O)c1cc(C(=O)NCCOSPF)ccc1-2. The number of carboxylic acid groups (broad SMARTS) is 1. The minimum atomic E-state index is -2.27. The average Bonchev–Trinajstić information content (AvgIpc) is 3.24. The Labute approximate surface area is 240 Å². The number of fused-ring (bicyclic) bond motifs is 3. The molecule has 2 aromatic carbocycles. The van der Waals surface area contributed by atoms with Crippen LogP contribution in [0.3, 0.4) is 0 Å². The van der Waals surface area contributed by atoms with E-state index in [0.717, 1.165) is 22.3 Å². The van der Waals surface area contributed by atoms with Crippen molar-refractivity contribution in [1.82, 2.24) is 10.6 Å². The maximum Gasteiger partial charge on any atom is 0.304 e. The van der Waals surface area contributed by atoms with E-state index in [1.54, 1.807) is 18.2 Å². The lowest BCUT2D eigenvalue weighted by atomic mass is 9.96. The van der Waals surface area contributed by atoms with Crippen LogP contribution >= 0.6 is 50.7 Å². The molecule has 39 heavy (non-hydrogen) atoms. The lowest BCUT2D eigenvalue weighted by molar-refractivity contribution is -0.136. The Hall–Kier alpha value is -1.50. The number of nitrogens with one attached hydrogen (secondary N) is 2. The van der Waals surface area contributed by atoms with Gasteiger partial charge in [0.2, 0.25) is 0 Å². The minimum Gasteiger partial charge on any atom is -0.481 e. The third-order valence-electron chi connectivity index (χ3n) is 5.64. The topological polar surface area (TPSA) is 140 Å². The molecule has 2 aromatic rings. The first-order chi connectivity index (χ1) is 18.8. The monoisotopic (exact) mass is 637 g/mol. The van der Waals surface area contributed by atoms with Gasteiger partial charge in [-0.15, -0.1) is 0 Å². The van der Waals surface area contributed by atoms with Crippen molar-refractivity contribution < 1.29 is 36.6 Å². The lowest BCUT2D eigenvalue weighted by Crippen LogP contribution is -2.27. The molecule has 0 aliphatic heterocycles. The predicted octanol–water partition coefficient (Wildman–Crippen LogP) is 5.43. The van der Waals surface area contributed by atoms with E-state index in [1.165, 1.54) is 11.8 Å². The second-order valence-electron chi connectivity index (χ2n) is 8.02. The fraction of sp³-hybridized carbons (Fsp3) is 0.348.